The van der Waals surface area contributed by atoms with Crippen molar-refractivity contribution >= 4 is 11.7 Å². The molecular formula is C12H16FN3O2. The summed E-state index contributed by atoms with van der Waals surface area (Å²) < 4.78 is 19.1. The maximum atomic E-state index is 14.0. The van der Waals surface area contributed by atoms with Crippen molar-refractivity contribution in [3.63, 3.8) is 0 Å². The molecule has 1 N–H and O–H groups in total. The summed E-state index contributed by atoms with van der Waals surface area (Å²) >= 11 is 0. The molecule has 18 heavy (non-hydrogen) atoms. The molecule has 0 saturated carbocycles. The Bertz CT molecular complexity index is 453. The van der Waals surface area contributed by atoms with E-state index in [9.17, 15) is 9.18 Å². The Balaban J connectivity index is 2.19. The van der Waals surface area contributed by atoms with Crippen LogP contribution in [-0.4, -0.2) is 49.1 Å². The van der Waals surface area contributed by atoms with E-state index in [-0.39, 0.29) is 23.4 Å². The predicted molar refractivity (Wildman–Crippen MR) is 65.1 cm³/mol. The van der Waals surface area contributed by atoms with Gasteiger partial charge < -0.3 is 15.0 Å². The fourth-order valence-corrected chi connectivity index (χ4v) is 2.06. The van der Waals surface area contributed by atoms with E-state index in [1.165, 1.54) is 12.3 Å². The van der Waals surface area contributed by atoms with Crippen LogP contribution < -0.4 is 5.32 Å². The molecule has 98 valence electrons. The second-order valence-electron chi connectivity index (χ2n) is 4.17. The summed E-state index contributed by atoms with van der Waals surface area (Å²) in [7, 11) is 3.18. The number of rotatable bonds is 3. The highest BCUT2D eigenvalue weighted by Crippen LogP contribution is 2.20. The van der Waals surface area contributed by atoms with Crippen LogP contribution in [0.15, 0.2) is 12.3 Å². The third-order valence-corrected chi connectivity index (χ3v) is 3.12. The van der Waals surface area contributed by atoms with Gasteiger partial charge in [0.05, 0.1) is 11.7 Å². The zero-order chi connectivity index (χ0) is 13.1. The molecule has 6 heteroatoms. The third kappa shape index (κ3) is 2.28. The first kappa shape index (κ1) is 12.8. The lowest BCUT2D eigenvalue weighted by Crippen LogP contribution is -2.30. The number of methoxy groups -OCH3 is 1. The van der Waals surface area contributed by atoms with Crippen molar-refractivity contribution < 1.29 is 13.9 Å². The number of nitrogens with zero attached hydrogens (tertiary/aromatic N) is 2. The first-order valence-electron chi connectivity index (χ1n) is 5.81. The maximum absolute atomic E-state index is 14.0. The number of aromatic nitrogens is 1. The summed E-state index contributed by atoms with van der Waals surface area (Å²) in [4.78, 5) is 17.6. The van der Waals surface area contributed by atoms with Gasteiger partial charge in [0.15, 0.2) is 11.6 Å². The average molecular weight is 253 g/mol. The monoisotopic (exact) mass is 253 g/mol. The zero-order valence-corrected chi connectivity index (χ0v) is 10.4. The minimum absolute atomic E-state index is 0.0441. The van der Waals surface area contributed by atoms with E-state index in [4.69, 9.17) is 4.74 Å². The molecule has 2 rings (SSSR count). The number of nitrogens with one attached hydrogen (secondary N) is 1. The van der Waals surface area contributed by atoms with Gasteiger partial charge in [-0.1, -0.05) is 0 Å². The molecule has 0 aromatic carbocycles. The van der Waals surface area contributed by atoms with E-state index >= 15 is 0 Å². The molecule has 1 atom stereocenters. The van der Waals surface area contributed by atoms with Crippen molar-refractivity contribution in [3.05, 3.63) is 23.6 Å². The Kier molecular flexibility index (Phi) is 3.76. The van der Waals surface area contributed by atoms with Gasteiger partial charge in [-0.05, 0) is 12.5 Å². The molecule has 1 aromatic heterocycles. The van der Waals surface area contributed by atoms with Crippen LogP contribution in [-0.2, 0) is 4.74 Å². The van der Waals surface area contributed by atoms with Crippen LogP contribution >= 0.6 is 0 Å². The molecule has 0 aliphatic carbocycles. The summed E-state index contributed by atoms with van der Waals surface area (Å²) in [5.41, 5.74) is 0.0473. The molecular weight excluding hydrogens is 237 g/mol. The number of halogens is 1. The number of likely N-dealkylation sites (tertiary alicyclic amines) is 1. The quantitative estimate of drug-likeness (QED) is 0.877. The Hall–Kier alpha value is -1.69. The van der Waals surface area contributed by atoms with Crippen LogP contribution in [0.1, 0.15) is 16.8 Å². The van der Waals surface area contributed by atoms with Crippen LogP contribution in [0.3, 0.4) is 0 Å². The number of pyridine rings is 1. The molecule has 1 saturated heterocycles. The standard InChI is InChI=1S/C12H16FN3O2/c1-14-11-10(13)9(3-5-15-11)12(17)16-6-4-8(7-16)18-2/h3,5,8H,4,6-7H2,1-2H3,(H,14,15). The van der Waals surface area contributed by atoms with Gasteiger partial charge in [-0.3, -0.25) is 4.79 Å². The van der Waals surface area contributed by atoms with Gasteiger partial charge in [-0.25, -0.2) is 9.37 Å². The second-order valence-corrected chi connectivity index (χ2v) is 4.17. The second kappa shape index (κ2) is 5.30. The lowest BCUT2D eigenvalue weighted by molar-refractivity contribution is 0.0720. The van der Waals surface area contributed by atoms with Crippen LogP contribution in [0.5, 0.6) is 0 Å². The molecule has 2 heterocycles. The van der Waals surface area contributed by atoms with Crippen molar-refractivity contribution in [1.29, 1.82) is 0 Å². The molecule has 0 spiro atoms. The van der Waals surface area contributed by atoms with E-state index < -0.39 is 5.82 Å². The van der Waals surface area contributed by atoms with E-state index in [0.717, 1.165) is 6.42 Å². The van der Waals surface area contributed by atoms with Crippen molar-refractivity contribution in [2.24, 2.45) is 0 Å². The lowest BCUT2D eigenvalue weighted by atomic mass is 10.2. The van der Waals surface area contributed by atoms with Crippen LogP contribution in [0, 0.1) is 5.82 Å². The summed E-state index contributed by atoms with van der Waals surface area (Å²) in [6, 6.07) is 1.40. The molecule has 5 nitrogen and oxygen atoms in total. The minimum atomic E-state index is -0.606. The molecule has 0 bridgehead atoms. The summed E-state index contributed by atoms with van der Waals surface area (Å²) in [5.74, 6) is -0.833. The van der Waals surface area contributed by atoms with Gasteiger partial charge in [0.1, 0.15) is 0 Å². The van der Waals surface area contributed by atoms with E-state index in [1.807, 2.05) is 0 Å². The van der Waals surface area contributed by atoms with E-state index in [2.05, 4.69) is 10.3 Å². The van der Waals surface area contributed by atoms with Crippen molar-refractivity contribution in [3.8, 4) is 0 Å². The number of carbonyl (C=O) groups excluding carboxylic acids is 1. The zero-order valence-electron chi connectivity index (χ0n) is 10.4. The van der Waals surface area contributed by atoms with Gasteiger partial charge in [0.2, 0.25) is 0 Å². The van der Waals surface area contributed by atoms with Crippen molar-refractivity contribution in [2.45, 2.75) is 12.5 Å². The Morgan fingerprint density at radius 3 is 3.06 bits per heavy atom. The third-order valence-electron chi connectivity index (χ3n) is 3.12. The van der Waals surface area contributed by atoms with Crippen LogP contribution in [0.25, 0.3) is 0 Å². The molecule has 0 radical (unpaired) electrons. The fourth-order valence-electron chi connectivity index (χ4n) is 2.06. The maximum Gasteiger partial charge on any atom is 0.257 e. The van der Waals surface area contributed by atoms with Gasteiger partial charge in [-0.2, -0.15) is 0 Å². The first-order chi connectivity index (χ1) is 8.67. The summed E-state index contributed by atoms with van der Waals surface area (Å²) in [6.45, 7) is 1.10. The number of ether oxygens (including phenoxy) is 1. The largest absolute Gasteiger partial charge is 0.380 e. The number of amides is 1. The highest BCUT2D eigenvalue weighted by molar-refractivity contribution is 5.95. The predicted octanol–water partition coefficient (Wildman–Crippen LogP) is 1.12. The fraction of sp³-hybridized carbons (Fsp3) is 0.500. The normalized spacial score (nSPS) is 19.1. The summed E-state index contributed by atoms with van der Waals surface area (Å²) in [6.07, 6.45) is 2.25. The highest BCUT2D eigenvalue weighted by atomic mass is 19.1. The van der Waals surface area contributed by atoms with E-state index in [1.54, 1.807) is 19.1 Å². The molecule has 1 amide bonds. The molecule has 1 unspecified atom stereocenters. The topological polar surface area (TPSA) is 54.5 Å². The van der Waals surface area contributed by atoms with Crippen molar-refractivity contribution in [2.75, 3.05) is 32.6 Å². The molecule has 1 fully saturated rings. The van der Waals surface area contributed by atoms with E-state index in [0.29, 0.717) is 13.1 Å². The first-order valence-corrected chi connectivity index (χ1v) is 5.81. The SMILES string of the molecule is CNc1nccc(C(=O)N2CCC(OC)C2)c1F. The minimum Gasteiger partial charge on any atom is -0.380 e. The average Bonchev–Trinajstić information content (AvgIpc) is 2.87. The molecule has 1 aromatic rings. The van der Waals surface area contributed by atoms with Gasteiger partial charge in [0.25, 0.3) is 5.91 Å². The molecule has 1 aliphatic rings. The number of carbonyl (C=O) groups is 1. The smallest absolute Gasteiger partial charge is 0.257 e. The van der Waals surface area contributed by atoms with Crippen LogP contribution in [0.4, 0.5) is 10.2 Å². The van der Waals surface area contributed by atoms with Crippen LogP contribution in [0.2, 0.25) is 0 Å². The van der Waals surface area contributed by atoms with Gasteiger partial charge in [-0.15, -0.1) is 0 Å². The number of hydrogen-bond donors (Lipinski definition) is 1. The summed E-state index contributed by atoms with van der Waals surface area (Å²) in [5, 5.41) is 2.62. The Morgan fingerprint density at radius 1 is 1.67 bits per heavy atom. The lowest BCUT2D eigenvalue weighted by Gasteiger charge is -2.17. The Morgan fingerprint density at radius 2 is 2.44 bits per heavy atom. The highest BCUT2D eigenvalue weighted by Gasteiger charge is 2.28. The number of anilines is 1. The number of hydrogen-bond acceptors (Lipinski definition) is 4. The Labute approximate surface area is 105 Å². The molecule has 1 aliphatic heterocycles. The van der Waals surface area contributed by atoms with Crippen molar-refractivity contribution in [1.82, 2.24) is 9.88 Å². The van der Waals surface area contributed by atoms with Gasteiger partial charge in [0, 0.05) is 33.4 Å². The van der Waals surface area contributed by atoms with Gasteiger partial charge >= 0.3 is 0 Å².